The summed E-state index contributed by atoms with van der Waals surface area (Å²) in [6.07, 6.45) is 12.1. The largest absolute Gasteiger partial charge is 0.490 e. The van der Waals surface area contributed by atoms with E-state index in [9.17, 15) is 20.1 Å². The first-order chi connectivity index (χ1) is 26.6. The summed E-state index contributed by atoms with van der Waals surface area (Å²) >= 11 is 0. The van der Waals surface area contributed by atoms with Gasteiger partial charge in [0.1, 0.15) is 29.7 Å². The number of carbonyl (C=O) groups is 1. The van der Waals surface area contributed by atoms with Crippen molar-refractivity contribution < 1.29 is 48.6 Å². The molecule has 1 aromatic carbocycles. The summed E-state index contributed by atoms with van der Waals surface area (Å²) in [5, 5.41) is 34.0. The van der Waals surface area contributed by atoms with E-state index in [0.29, 0.717) is 43.1 Å². The molecule has 1 amide bonds. The Kier molecular flexibility index (Phi) is 17.3. The van der Waals surface area contributed by atoms with Gasteiger partial charge < -0.3 is 43.8 Å². The van der Waals surface area contributed by atoms with E-state index in [4.69, 9.17) is 33.7 Å². The predicted octanol–water partition coefficient (Wildman–Crippen LogP) is 6.71. The van der Waals surface area contributed by atoms with Gasteiger partial charge >= 0.3 is 6.09 Å². The van der Waals surface area contributed by atoms with E-state index in [2.05, 4.69) is 25.8 Å². The van der Waals surface area contributed by atoms with Gasteiger partial charge in [-0.3, -0.25) is 4.90 Å². The predicted molar refractivity (Wildman–Crippen MR) is 212 cm³/mol. The van der Waals surface area contributed by atoms with Crippen molar-refractivity contribution in [2.75, 3.05) is 59.4 Å². The molecule has 6 unspecified atom stereocenters. The number of benzene rings is 1. The maximum atomic E-state index is 14.2. The fourth-order valence-corrected chi connectivity index (χ4v) is 8.10. The third-order valence-corrected chi connectivity index (χ3v) is 10.3. The smallest absolute Gasteiger partial charge is 0.410 e. The number of ether oxygens (including phenoxy) is 5. The molecule has 0 aromatic heterocycles. The highest BCUT2D eigenvalue weighted by Crippen LogP contribution is 2.62. The van der Waals surface area contributed by atoms with E-state index >= 15 is 0 Å². The van der Waals surface area contributed by atoms with Gasteiger partial charge in [0, 0.05) is 37.7 Å². The molecule has 1 fully saturated rings. The molecule has 0 spiro atoms. The minimum Gasteiger partial charge on any atom is -0.490 e. The lowest BCUT2D eigenvalue weighted by atomic mass is 9.55. The Hall–Kier alpha value is -3.68. The normalized spacial score (nSPS) is 24.8. The summed E-state index contributed by atoms with van der Waals surface area (Å²) in [5.74, 6) is -0.683. The maximum absolute atomic E-state index is 14.2. The van der Waals surface area contributed by atoms with Crippen LogP contribution in [0.5, 0.6) is 11.5 Å². The number of nitrogens with zero attached hydrogens (tertiary/aromatic N) is 2. The average molecular weight is 769 g/mol. The molecule has 3 aliphatic rings. The van der Waals surface area contributed by atoms with Crippen LogP contribution in [0.4, 0.5) is 4.79 Å². The molecule has 1 saturated carbocycles. The highest BCUT2D eigenvalue weighted by molar-refractivity contribution is 6.03. The van der Waals surface area contributed by atoms with E-state index < -0.39 is 29.4 Å². The van der Waals surface area contributed by atoms with Gasteiger partial charge in [0.05, 0.1) is 44.7 Å². The molecule has 306 valence electrons. The van der Waals surface area contributed by atoms with Crippen molar-refractivity contribution >= 4 is 11.8 Å². The molecule has 1 aliphatic heterocycles. The SMILES string of the molecule is C=CCCOC(=O)N(CCOCCO)C1CC(=NOC(C)(C)C)C2=CC(CCCCO)C(CCCCO)C3c4cc(OCC=C)ccc4OC1(OCC=C)C23. The minimum atomic E-state index is -1.44. The average Bonchev–Trinajstić information content (AvgIpc) is 3.16. The first-order valence-electron chi connectivity index (χ1n) is 19.8. The van der Waals surface area contributed by atoms with Crippen molar-refractivity contribution in [1.29, 1.82) is 0 Å². The zero-order valence-electron chi connectivity index (χ0n) is 33.2. The molecule has 12 heteroatoms. The second kappa shape index (κ2) is 21.6. The van der Waals surface area contributed by atoms with Crippen LogP contribution in [0.25, 0.3) is 0 Å². The minimum absolute atomic E-state index is 0.0624. The number of hydrogen-bond donors (Lipinski definition) is 3. The number of allylic oxidation sites excluding steroid dienone is 1. The molecule has 4 rings (SSSR count). The second-order valence-electron chi connectivity index (χ2n) is 15.3. The number of aliphatic hydroxyl groups is 3. The van der Waals surface area contributed by atoms with Crippen LogP contribution < -0.4 is 9.47 Å². The van der Waals surface area contributed by atoms with E-state index in [0.717, 1.165) is 36.8 Å². The Balaban J connectivity index is 2.04. The van der Waals surface area contributed by atoms with Crippen molar-refractivity contribution in [3.63, 3.8) is 0 Å². The van der Waals surface area contributed by atoms with E-state index in [1.165, 1.54) is 0 Å². The van der Waals surface area contributed by atoms with Crippen molar-refractivity contribution in [2.45, 2.75) is 95.5 Å². The van der Waals surface area contributed by atoms with Gasteiger partial charge in [-0.15, -0.1) is 13.2 Å². The number of aliphatic hydroxyl groups excluding tert-OH is 3. The molecular weight excluding hydrogens is 704 g/mol. The van der Waals surface area contributed by atoms with Crippen LogP contribution in [-0.2, 0) is 19.0 Å². The molecule has 0 bridgehead atoms. The number of hydrogen-bond acceptors (Lipinski definition) is 11. The number of carbonyl (C=O) groups excluding carboxylic acids is 1. The number of rotatable bonds is 24. The Morgan fingerprint density at radius 2 is 1.73 bits per heavy atom. The van der Waals surface area contributed by atoms with Gasteiger partial charge in [-0.05, 0) is 88.5 Å². The summed E-state index contributed by atoms with van der Waals surface area (Å²) in [6, 6.07) is 5.05. The molecule has 2 aliphatic carbocycles. The van der Waals surface area contributed by atoms with Gasteiger partial charge in [-0.1, -0.05) is 48.9 Å². The van der Waals surface area contributed by atoms with E-state index in [1.54, 1.807) is 23.1 Å². The molecular formula is C43H64N2O10. The molecule has 12 nitrogen and oxygen atoms in total. The summed E-state index contributed by atoms with van der Waals surface area (Å²) < 4.78 is 31.8. The lowest BCUT2D eigenvalue weighted by molar-refractivity contribution is -0.256. The maximum Gasteiger partial charge on any atom is 0.410 e. The van der Waals surface area contributed by atoms with Crippen LogP contribution in [0.2, 0.25) is 0 Å². The van der Waals surface area contributed by atoms with Crippen molar-refractivity contribution in [2.24, 2.45) is 22.9 Å². The molecule has 1 aromatic rings. The first kappa shape index (κ1) is 44.0. The number of amides is 1. The Labute approximate surface area is 327 Å². The lowest BCUT2D eigenvalue weighted by Gasteiger charge is -2.60. The summed E-state index contributed by atoms with van der Waals surface area (Å²) in [4.78, 5) is 22.0. The van der Waals surface area contributed by atoms with Crippen LogP contribution >= 0.6 is 0 Å². The molecule has 0 saturated heterocycles. The Morgan fingerprint density at radius 3 is 2.40 bits per heavy atom. The van der Waals surface area contributed by atoms with Crippen molar-refractivity contribution in [1.82, 2.24) is 4.90 Å². The van der Waals surface area contributed by atoms with Crippen LogP contribution in [0.1, 0.15) is 83.6 Å². The van der Waals surface area contributed by atoms with Gasteiger partial charge in [0.2, 0.25) is 5.79 Å². The monoisotopic (exact) mass is 768 g/mol. The summed E-state index contributed by atoms with van der Waals surface area (Å²) in [6.45, 7) is 18.4. The summed E-state index contributed by atoms with van der Waals surface area (Å²) in [5.41, 5.74) is 1.97. The number of unbranched alkanes of at least 4 members (excludes halogenated alkanes) is 2. The van der Waals surface area contributed by atoms with Crippen molar-refractivity contribution in [3.05, 3.63) is 73.4 Å². The van der Waals surface area contributed by atoms with Crippen LogP contribution in [0, 0.1) is 17.8 Å². The number of oxime groups is 1. The van der Waals surface area contributed by atoms with Gasteiger partial charge in [0.15, 0.2) is 0 Å². The Bertz CT molecular complexity index is 1470. The fourth-order valence-electron chi connectivity index (χ4n) is 8.10. The van der Waals surface area contributed by atoms with Gasteiger partial charge in [-0.2, -0.15) is 0 Å². The Morgan fingerprint density at radius 1 is 0.982 bits per heavy atom. The van der Waals surface area contributed by atoms with Crippen LogP contribution in [0.3, 0.4) is 0 Å². The highest BCUT2D eigenvalue weighted by atomic mass is 16.7. The molecule has 0 radical (unpaired) electrons. The zero-order valence-corrected chi connectivity index (χ0v) is 33.2. The second-order valence-corrected chi connectivity index (χ2v) is 15.3. The fraction of sp³-hybridized carbons (Fsp3) is 0.628. The lowest BCUT2D eigenvalue weighted by Crippen LogP contribution is -2.70. The van der Waals surface area contributed by atoms with Crippen LogP contribution in [-0.4, -0.2) is 109 Å². The van der Waals surface area contributed by atoms with Gasteiger partial charge in [-0.25, -0.2) is 4.79 Å². The molecule has 1 heterocycles. The van der Waals surface area contributed by atoms with Gasteiger partial charge in [0.25, 0.3) is 0 Å². The molecule has 6 atom stereocenters. The zero-order chi connectivity index (χ0) is 39.8. The van der Waals surface area contributed by atoms with Crippen molar-refractivity contribution in [3.8, 4) is 11.5 Å². The highest BCUT2D eigenvalue weighted by Gasteiger charge is 2.65. The van der Waals surface area contributed by atoms with Crippen LogP contribution in [0.15, 0.2) is 73.0 Å². The molecule has 3 N–H and O–H groups in total. The van der Waals surface area contributed by atoms with E-state index in [1.807, 2.05) is 39.0 Å². The topological polar surface area (TPSA) is 149 Å². The molecule has 55 heavy (non-hydrogen) atoms. The summed E-state index contributed by atoms with van der Waals surface area (Å²) in [7, 11) is 0. The first-order valence-corrected chi connectivity index (χ1v) is 19.8. The quantitative estimate of drug-likeness (QED) is 0.0589. The third kappa shape index (κ3) is 11.2. The third-order valence-electron chi connectivity index (χ3n) is 10.3. The van der Waals surface area contributed by atoms with E-state index in [-0.39, 0.29) is 77.0 Å². The number of fused-ring (bicyclic) bond motifs is 2. The standard InChI is InChI=1S/C43H64N2O10/c1-7-10-25-52-41(49)45(19-26-50-27-22-48)38-30-36(44-55-42(4,5)6)34-28-31(15-11-13-20-46)33(16-12-14-21-47)39-35-29-32(51-23-8-2)17-18-37(35)54-43(38,40(34)39)53-24-9-3/h7-9,17-18,28-29,31,33,38-40,46-48H,1-3,10-16,19-27,30H2,4-6H3.